The Labute approximate surface area is 313 Å². The third-order valence-corrected chi connectivity index (χ3v) is 8.30. The van der Waals surface area contributed by atoms with E-state index in [9.17, 15) is 24.3 Å². The zero-order valence-electron chi connectivity index (χ0n) is 32.2. The van der Waals surface area contributed by atoms with Crippen LogP contribution in [0.2, 0.25) is 0 Å². The number of phenols is 1. The van der Waals surface area contributed by atoms with E-state index in [2.05, 4.69) is 22.2 Å². The van der Waals surface area contributed by atoms with E-state index >= 15 is 0 Å². The van der Waals surface area contributed by atoms with Crippen molar-refractivity contribution in [1.82, 2.24) is 15.6 Å². The number of nitrogens with one attached hydrogen (secondary N) is 2. The Kier molecular flexibility index (Phi) is 15.4. The SMILES string of the molecule is C=C(/C=C\C(=C/C)c1ccc(O)c2ccccc12)[C@H](CC(=O)OC)NC(=O)[C@H](CC(C)C)NC(=O)CCCN(C(=O)OC(C)(C)C)c1cc(C)ccn1. The number of rotatable bonds is 16. The number of fused-ring (bicyclic) bond motifs is 1. The molecule has 0 radical (unpaired) electrons. The summed E-state index contributed by atoms with van der Waals surface area (Å²) in [7, 11) is 1.27. The number of anilines is 1. The number of methoxy groups -OCH3 is 1. The molecule has 1 heterocycles. The van der Waals surface area contributed by atoms with Gasteiger partial charge in [-0.1, -0.05) is 69.0 Å². The maximum atomic E-state index is 13.8. The number of carbonyl (C=O) groups excluding carboxylic acids is 4. The van der Waals surface area contributed by atoms with Crippen molar-refractivity contribution in [2.24, 2.45) is 5.92 Å². The molecule has 2 atom stereocenters. The summed E-state index contributed by atoms with van der Waals surface area (Å²) in [5.74, 6) is -0.719. The predicted molar refractivity (Wildman–Crippen MR) is 209 cm³/mol. The molecular weight excluding hydrogens is 672 g/mol. The first kappa shape index (κ1) is 42.0. The molecule has 0 bridgehead atoms. The summed E-state index contributed by atoms with van der Waals surface area (Å²) >= 11 is 0. The first-order valence-corrected chi connectivity index (χ1v) is 17.9. The van der Waals surface area contributed by atoms with Crippen LogP contribution in [0.25, 0.3) is 16.3 Å². The van der Waals surface area contributed by atoms with Gasteiger partial charge in [-0.2, -0.15) is 0 Å². The molecule has 0 saturated carbocycles. The van der Waals surface area contributed by atoms with Crippen LogP contribution in [0.1, 0.15) is 78.4 Å². The molecule has 0 spiro atoms. The van der Waals surface area contributed by atoms with Crippen molar-refractivity contribution in [1.29, 1.82) is 0 Å². The zero-order valence-corrected chi connectivity index (χ0v) is 32.2. The summed E-state index contributed by atoms with van der Waals surface area (Å²) < 4.78 is 10.5. The van der Waals surface area contributed by atoms with Gasteiger partial charge in [-0.05, 0) is 99.2 Å². The monoisotopic (exact) mass is 726 g/mol. The number of carbonyl (C=O) groups is 4. The Morgan fingerprint density at radius 2 is 1.70 bits per heavy atom. The minimum atomic E-state index is -0.894. The molecule has 3 amide bonds. The average molecular weight is 727 g/mol. The van der Waals surface area contributed by atoms with Crippen LogP contribution in [0.5, 0.6) is 5.75 Å². The number of benzene rings is 2. The minimum Gasteiger partial charge on any atom is -0.507 e. The Morgan fingerprint density at radius 1 is 1.00 bits per heavy atom. The van der Waals surface area contributed by atoms with Gasteiger partial charge < -0.3 is 25.2 Å². The number of aromatic nitrogens is 1. The molecule has 0 aliphatic heterocycles. The number of aryl methyl sites for hydroxylation is 1. The van der Waals surface area contributed by atoms with Gasteiger partial charge in [0.15, 0.2) is 0 Å². The lowest BCUT2D eigenvalue weighted by atomic mass is 9.95. The summed E-state index contributed by atoms with van der Waals surface area (Å²) in [6.07, 6.45) is 7.04. The Hall–Kier alpha value is -5.45. The lowest BCUT2D eigenvalue weighted by Crippen LogP contribution is -2.51. The van der Waals surface area contributed by atoms with Gasteiger partial charge in [0.1, 0.15) is 23.2 Å². The van der Waals surface area contributed by atoms with Crippen molar-refractivity contribution in [3.8, 4) is 5.75 Å². The second-order valence-electron chi connectivity index (χ2n) is 14.3. The van der Waals surface area contributed by atoms with Gasteiger partial charge in [-0.3, -0.25) is 19.3 Å². The molecule has 0 fully saturated rings. The van der Waals surface area contributed by atoms with Crippen molar-refractivity contribution in [2.45, 2.75) is 91.8 Å². The largest absolute Gasteiger partial charge is 0.507 e. The van der Waals surface area contributed by atoms with Gasteiger partial charge in [0.05, 0.1) is 19.6 Å². The van der Waals surface area contributed by atoms with Crippen LogP contribution in [0.4, 0.5) is 10.6 Å². The third kappa shape index (κ3) is 12.9. The first-order chi connectivity index (χ1) is 25.0. The molecule has 3 N–H and O–H groups in total. The van der Waals surface area contributed by atoms with E-state index in [0.29, 0.717) is 23.2 Å². The van der Waals surface area contributed by atoms with Crippen molar-refractivity contribution in [3.05, 3.63) is 96.2 Å². The molecule has 284 valence electrons. The summed E-state index contributed by atoms with van der Waals surface area (Å²) in [5.41, 5.74) is 2.38. The highest BCUT2D eigenvalue weighted by Gasteiger charge is 2.28. The minimum absolute atomic E-state index is 0.0338. The van der Waals surface area contributed by atoms with E-state index in [1.807, 2.05) is 76.2 Å². The maximum absolute atomic E-state index is 13.8. The van der Waals surface area contributed by atoms with E-state index in [1.165, 1.54) is 12.0 Å². The fourth-order valence-electron chi connectivity index (χ4n) is 5.64. The molecule has 0 unspecified atom stereocenters. The fraction of sp³-hybridized carbons (Fsp3) is 0.405. The van der Waals surface area contributed by atoms with Crippen LogP contribution >= 0.6 is 0 Å². The quantitative estimate of drug-likeness (QED) is 0.101. The maximum Gasteiger partial charge on any atom is 0.416 e. The second kappa shape index (κ2) is 19.4. The number of ether oxygens (including phenoxy) is 2. The van der Waals surface area contributed by atoms with Gasteiger partial charge >= 0.3 is 12.1 Å². The van der Waals surface area contributed by atoms with Crippen LogP contribution in [0.15, 0.2) is 85.1 Å². The number of amides is 3. The Morgan fingerprint density at radius 3 is 2.32 bits per heavy atom. The van der Waals surface area contributed by atoms with Gasteiger partial charge in [-0.15, -0.1) is 0 Å². The molecule has 3 rings (SSSR count). The molecule has 11 heteroatoms. The number of hydrogen-bond acceptors (Lipinski definition) is 8. The van der Waals surface area contributed by atoms with Crippen LogP contribution in [-0.2, 0) is 23.9 Å². The van der Waals surface area contributed by atoms with Crippen LogP contribution in [0, 0.1) is 12.8 Å². The van der Waals surface area contributed by atoms with E-state index < -0.39 is 35.7 Å². The van der Waals surface area contributed by atoms with Gasteiger partial charge in [0, 0.05) is 24.5 Å². The normalized spacial score (nSPS) is 13.0. The van der Waals surface area contributed by atoms with E-state index in [-0.39, 0.29) is 43.4 Å². The smallest absolute Gasteiger partial charge is 0.416 e. The number of phenolic OH excluding ortho intramolecular Hbond substituents is 1. The molecule has 53 heavy (non-hydrogen) atoms. The van der Waals surface area contributed by atoms with Crippen molar-refractivity contribution >= 4 is 46.0 Å². The molecule has 0 saturated heterocycles. The van der Waals surface area contributed by atoms with E-state index in [0.717, 1.165) is 22.1 Å². The summed E-state index contributed by atoms with van der Waals surface area (Å²) in [6.45, 7) is 17.3. The van der Waals surface area contributed by atoms with Crippen molar-refractivity contribution < 1.29 is 33.8 Å². The van der Waals surface area contributed by atoms with Gasteiger partial charge in [0.25, 0.3) is 0 Å². The van der Waals surface area contributed by atoms with Crippen molar-refractivity contribution in [2.75, 3.05) is 18.6 Å². The Balaban J connectivity index is 1.74. The summed E-state index contributed by atoms with van der Waals surface area (Å²) in [5, 5.41) is 17.7. The lowest BCUT2D eigenvalue weighted by molar-refractivity contribution is -0.141. The Bertz CT molecular complexity index is 1840. The van der Waals surface area contributed by atoms with Crippen LogP contribution in [-0.4, -0.2) is 65.3 Å². The highest BCUT2D eigenvalue weighted by atomic mass is 16.6. The highest BCUT2D eigenvalue weighted by molar-refractivity contribution is 5.99. The van der Waals surface area contributed by atoms with Gasteiger partial charge in [0.2, 0.25) is 11.8 Å². The number of esters is 1. The van der Waals surface area contributed by atoms with Crippen LogP contribution < -0.4 is 15.5 Å². The second-order valence-corrected chi connectivity index (χ2v) is 14.3. The number of nitrogens with zero attached hydrogens (tertiary/aromatic N) is 2. The highest BCUT2D eigenvalue weighted by Crippen LogP contribution is 2.32. The molecule has 0 aliphatic rings. The van der Waals surface area contributed by atoms with Gasteiger partial charge in [-0.25, -0.2) is 9.78 Å². The van der Waals surface area contributed by atoms with E-state index in [1.54, 1.807) is 45.2 Å². The predicted octanol–water partition coefficient (Wildman–Crippen LogP) is 7.57. The number of hydrogen-bond donors (Lipinski definition) is 3. The number of aromatic hydroxyl groups is 1. The average Bonchev–Trinajstić information content (AvgIpc) is 3.09. The molecule has 3 aromatic rings. The molecule has 1 aromatic heterocycles. The number of pyridine rings is 1. The summed E-state index contributed by atoms with van der Waals surface area (Å²) in [4.78, 5) is 58.3. The fourth-order valence-corrected chi connectivity index (χ4v) is 5.64. The van der Waals surface area contributed by atoms with E-state index in [4.69, 9.17) is 9.47 Å². The summed E-state index contributed by atoms with van der Waals surface area (Å²) in [6, 6.07) is 12.9. The molecular formula is C42H54N4O7. The zero-order chi connectivity index (χ0) is 39.3. The third-order valence-electron chi connectivity index (χ3n) is 8.30. The molecule has 11 nitrogen and oxygen atoms in total. The molecule has 2 aromatic carbocycles. The number of allylic oxidation sites excluding steroid dienone is 3. The lowest BCUT2D eigenvalue weighted by Gasteiger charge is -2.27. The van der Waals surface area contributed by atoms with Crippen LogP contribution in [0.3, 0.4) is 0 Å². The standard InChI is InChI=1S/C42H54N4O7/c1-10-30(31-19-20-36(47)33-15-12-11-14-32(31)33)18-17-29(5)34(26-39(49)52-9)45-40(50)35(24-27(2)3)44-38(48)16-13-23-46(41(51)53-42(6,7)8)37-25-28(4)21-22-43-37/h10-12,14-15,17-22,25,27,34-35,47H,5,13,16,23-24,26H2,1-4,6-9H3,(H,44,48)(H,45,50)/b18-17-,30-10+/t34-,35-/m0/s1. The first-order valence-electron chi connectivity index (χ1n) is 17.9. The van der Waals surface area contributed by atoms with Crippen molar-refractivity contribution in [3.63, 3.8) is 0 Å². The molecule has 0 aliphatic carbocycles. The topological polar surface area (TPSA) is 147 Å².